The molecule has 7 nitrogen and oxygen atoms in total. The number of carbonyl (C=O) groups excluding carboxylic acids is 1. The third kappa shape index (κ3) is 4.30. The summed E-state index contributed by atoms with van der Waals surface area (Å²) in [7, 11) is 2.03. The Labute approximate surface area is 168 Å². The maximum Gasteiger partial charge on any atom is 0.251 e. The summed E-state index contributed by atoms with van der Waals surface area (Å²) in [5, 5.41) is 9.41. The number of nitrogens with zero attached hydrogens (tertiary/aromatic N) is 4. The summed E-state index contributed by atoms with van der Waals surface area (Å²) < 4.78 is 2.08. The standard InChI is InChI=1S/C20H24N6OS/c1-25-9-8-22-19(25)17-11-21-7-10-26(17)13-16-14-28-18(24-16)12-23-20(27)15-5-3-2-4-6-15/h2-6,8-9,14,17,21H,7,10-13H2,1H3,(H,23,27). The van der Waals surface area contributed by atoms with Gasteiger partial charge in [0.25, 0.3) is 5.91 Å². The second-order valence-corrected chi connectivity index (χ2v) is 7.81. The van der Waals surface area contributed by atoms with E-state index in [4.69, 9.17) is 4.98 Å². The second kappa shape index (κ2) is 8.64. The SMILES string of the molecule is Cn1ccnc1C1CNCCN1Cc1csc(CNC(=O)c2ccccc2)n1. The Morgan fingerprint density at radius 2 is 2.21 bits per heavy atom. The summed E-state index contributed by atoms with van der Waals surface area (Å²) in [5.74, 6) is 0.993. The molecule has 146 valence electrons. The van der Waals surface area contributed by atoms with Crippen molar-refractivity contribution >= 4 is 17.2 Å². The minimum Gasteiger partial charge on any atom is -0.346 e. The van der Waals surface area contributed by atoms with Gasteiger partial charge >= 0.3 is 0 Å². The first kappa shape index (κ1) is 18.8. The molecule has 1 unspecified atom stereocenters. The van der Waals surface area contributed by atoms with Gasteiger partial charge in [0.05, 0.1) is 18.3 Å². The van der Waals surface area contributed by atoms with Crippen molar-refractivity contribution in [1.82, 2.24) is 30.1 Å². The number of aromatic nitrogens is 3. The molecule has 0 spiro atoms. The highest BCUT2D eigenvalue weighted by Crippen LogP contribution is 2.23. The quantitative estimate of drug-likeness (QED) is 0.666. The summed E-state index contributed by atoms with van der Waals surface area (Å²) in [6.45, 7) is 4.03. The molecule has 0 bridgehead atoms. The lowest BCUT2D eigenvalue weighted by molar-refractivity contribution is 0.0951. The lowest BCUT2D eigenvalue weighted by atomic mass is 10.1. The first-order valence-electron chi connectivity index (χ1n) is 9.39. The molecule has 3 aromatic rings. The van der Waals surface area contributed by atoms with Crippen molar-refractivity contribution in [3.63, 3.8) is 0 Å². The summed E-state index contributed by atoms with van der Waals surface area (Å²) in [6, 6.07) is 9.48. The monoisotopic (exact) mass is 396 g/mol. The van der Waals surface area contributed by atoms with E-state index in [1.807, 2.05) is 49.8 Å². The molecule has 3 heterocycles. The predicted octanol–water partition coefficient (Wildman–Crippen LogP) is 1.95. The van der Waals surface area contributed by atoms with E-state index in [0.29, 0.717) is 12.1 Å². The highest BCUT2D eigenvalue weighted by molar-refractivity contribution is 7.09. The third-order valence-electron chi connectivity index (χ3n) is 4.91. The summed E-state index contributed by atoms with van der Waals surface area (Å²) >= 11 is 1.59. The predicted molar refractivity (Wildman–Crippen MR) is 109 cm³/mol. The zero-order chi connectivity index (χ0) is 19.3. The number of rotatable bonds is 6. The van der Waals surface area contributed by atoms with Crippen LogP contribution in [0.3, 0.4) is 0 Å². The van der Waals surface area contributed by atoms with Crippen molar-refractivity contribution < 1.29 is 4.79 Å². The number of hydrogen-bond donors (Lipinski definition) is 2. The van der Waals surface area contributed by atoms with Gasteiger partial charge in [0.1, 0.15) is 10.8 Å². The molecular formula is C20H24N6OS. The van der Waals surface area contributed by atoms with Gasteiger partial charge in [-0.25, -0.2) is 9.97 Å². The molecule has 1 aliphatic heterocycles. The fourth-order valence-electron chi connectivity index (χ4n) is 3.45. The van der Waals surface area contributed by atoms with Crippen molar-refractivity contribution in [3.05, 3.63) is 70.2 Å². The van der Waals surface area contributed by atoms with Crippen LogP contribution in [0.1, 0.15) is 32.9 Å². The van der Waals surface area contributed by atoms with Gasteiger partial charge in [0, 0.05) is 56.6 Å². The van der Waals surface area contributed by atoms with Crippen molar-refractivity contribution in [2.45, 2.75) is 19.1 Å². The molecule has 1 saturated heterocycles. The topological polar surface area (TPSA) is 75.1 Å². The van der Waals surface area contributed by atoms with E-state index in [1.54, 1.807) is 11.3 Å². The summed E-state index contributed by atoms with van der Waals surface area (Å²) in [5.41, 5.74) is 1.70. The van der Waals surface area contributed by atoms with Crippen molar-refractivity contribution in [3.8, 4) is 0 Å². The van der Waals surface area contributed by atoms with Crippen LogP contribution in [0, 0.1) is 0 Å². The normalized spacial score (nSPS) is 17.5. The molecule has 2 aromatic heterocycles. The Balaban J connectivity index is 1.37. The van der Waals surface area contributed by atoms with Crippen molar-refractivity contribution in [2.24, 2.45) is 7.05 Å². The molecule has 1 aromatic carbocycles. The Hall–Kier alpha value is -2.55. The number of hydrogen-bond acceptors (Lipinski definition) is 6. The number of benzene rings is 1. The lowest BCUT2D eigenvalue weighted by Crippen LogP contribution is -2.46. The highest BCUT2D eigenvalue weighted by Gasteiger charge is 2.27. The van der Waals surface area contributed by atoms with Gasteiger partial charge in [0.2, 0.25) is 0 Å². The number of carbonyl (C=O) groups is 1. The van der Waals surface area contributed by atoms with Gasteiger partial charge in [-0.15, -0.1) is 11.3 Å². The third-order valence-corrected chi connectivity index (χ3v) is 5.81. The molecule has 1 fully saturated rings. The van der Waals surface area contributed by atoms with E-state index in [0.717, 1.165) is 42.7 Å². The van der Waals surface area contributed by atoms with E-state index >= 15 is 0 Å². The maximum absolute atomic E-state index is 12.2. The Kier molecular flexibility index (Phi) is 5.80. The van der Waals surface area contributed by atoms with Crippen LogP contribution in [-0.4, -0.2) is 45.0 Å². The Bertz CT molecular complexity index is 922. The maximum atomic E-state index is 12.2. The molecule has 1 atom stereocenters. The Morgan fingerprint density at radius 1 is 1.36 bits per heavy atom. The highest BCUT2D eigenvalue weighted by atomic mass is 32.1. The van der Waals surface area contributed by atoms with Gasteiger partial charge in [-0.3, -0.25) is 9.69 Å². The molecule has 0 radical (unpaired) electrons. The van der Waals surface area contributed by atoms with Gasteiger partial charge in [-0.2, -0.15) is 0 Å². The van der Waals surface area contributed by atoms with E-state index in [9.17, 15) is 4.79 Å². The molecular weight excluding hydrogens is 372 g/mol. The van der Waals surface area contributed by atoms with Gasteiger partial charge in [0.15, 0.2) is 0 Å². The zero-order valence-electron chi connectivity index (χ0n) is 15.8. The molecule has 0 aliphatic carbocycles. The number of imidazole rings is 1. The van der Waals surface area contributed by atoms with Crippen molar-refractivity contribution in [2.75, 3.05) is 19.6 Å². The van der Waals surface area contributed by atoms with Gasteiger partial charge in [-0.05, 0) is 12.1 Å². The number of piperazine rings is 1. The first-order valence-corrected chi connectivity index (χ1v) is 10.3. The molecule has 28 heavy (non-hydrogen) atoms. The molecule has 0 saturated carbocycles. The summed E-state index contributed by atoms with van der Waals surface area (Å²) in [4.78, 5) is 23.9. The molecule has 4 rings (SSSR count). The molecule has 1 aliphatic rings. The average Bonchev–Trinajstić information content (AvgIpc) is 3.36. The van der Waals surface area contributed by atoms with Gasteiger partial charge in [-0.1, -0.05) is 18.2 Å². The lowest BCUT2D eigenvalue weighted by Gasteiger charge is -2.35. The minimum absolute atomic E-state index is 0.0747. The van der Waals surface area contributed by atoms with Crippen LogP contribution in [0.2, 0.25) is 0 Å². The number of amides is 1. The van der Waals surface area contributed by atoms with Crippen LogP contribution in [-0.2, 0) is 20.1 Å². The zero-order valence-corrected chi connectivity index (χ0v) is 16.7. The molecule has 8 heteroatoms. The van der Waals surface area contributed by atoms with Crippen LogP contribution in [0.25, 0.3) is 0 Å². The van der Waals surface area contributed by atoms with E-state index < -0.39 is 0 Å². The van der Waals surface area contributed by atoms with Crippen molar-refractivity contribution in [1.29, 1.82) is 0 Å². The number of nitrogens with one attached hydrogen (secondary N) is 2. The van der Waals surface area contributed by atoms with E-state index in [2.05, 4.69) is 30.5 Å². The molecule has 1 amide bonds. The first-order chi connectivity index (χ1) is 13.7. The number of thiazole rings is 1. The van der Waals surface area contributed by atoms with Crippen LogP contribution in [0.5, 0.6) is 0 Å². The van der Waals surface area contributed by atoms with Crippen LogP contribution >= 0.6 is 11.3 Å². The van der Waals surface area contributed by atoms with Crippen LogP contribution in [0.15, 0.2) is 48.1 Å². The molecule has 2 N–H and O–H groups in total. The second-order valence-electron chi connectivity index (χ2n) is 6.87. The summed E-state index contributed by atoms with van der Waals surface area (Å²) in [6.07, 6.45) is 3.83. The smallest absolute Gasteiger partial charge is 0.251 e. The van der Waals surface area contributed by atoms with Crippen LogP contribution in [0.4, 0.5) is 0 Å². The van der Waals surface area contributed by atoms with Crippen LogP contribution < -0.4 is 10.6 Å². The Morgan fingerprint density at radius 3 is 3.00 bits per heavy atom. The average molecular weight is 397 g/mol. The van der Waals surface area contributed by atoms with Gasteiger partial charge < -0.3 is 15.2 Å². The van der Waals surface area contributed by atoms with E-state index in [1.165, 1.54) is 0 Å². The number of aryl methyl sites for hydroxylation is 1. The fraction of sp³-hybridized carbons (Fsp3) is 0.350. The van der Waals surface area contributed by atoms with E-state index in [-0.39, 0.29) is 11.9 Å². The largest absolute Gasteiger partial charge is 0.346 e. The fourth-order valence-corrected chi connectivity index (χ4v) is 4.17. The minimum atomic E-state index is -0.0747.